The summed E-state index contributed by atoms with van der Waals surface area (Å²) in [4.78, 5) is 12.5. The van der Waals surface area contributed by atoms with Crippen molar-refractivity contribution >= 4 is 5.91 Å². The molecule has 0 aliphatic rings. The van der Waals surface area contributed by atoms with Gasteiger partial charge in [-0.05, 0) is 36.8 Å². The van der Waals surface area contributed by atoms with Gasteiger partial charge in [0.15, 0.2) is 0 Å². The molecule has 8 heteroatoms. The standard InChI is InChI=1S/C19H16F3N3O2/c1-10(18(26)11-4-2-5-12(20)8-11)24-19(27)13-9-23-25-17(13)16-14(21)6-3-7-15(16)22/h2-10,18,26H,1H3,(H,23,25)(H,24,27). The zero-order valence-electron chi connectivity index (χ0n) is 14.2. The molecule has 3 aromatic rings. The number of aliphatic hydroxyl groups excluding tert-OH is 1. The predicted octanol–water partition coefficient (Wildman–Crippen LogP) is 3.35. The van der Waals surface area contributed by atoms with E-state index in [1.54, 1.807) is 0 Å². The molecule has 1 amide bonds. The number of amides is 1. The van der Waals surface area contributed by atoms with E-state index in [2.05, 4.69) is 15.5 Å². The lowest BCUT2D eigenvalue weighted by Gasteiger charge is -2.20. The maximum absolute atomic E-state index is 14.0. The molecule has 3 rings (SSSR count). The maximum atomic E-state index is 14.0. The molecule has 0 spiro atoms. The van der Waals surface area contributed by atoms with Gasteiger partial charge in [-0.1, -0.05) is 18.2 Å². The van der Waals surface area contributed by atoms with Gasteiger partial charge in [-0.15, -0.1) is 0 Å². The van der Waals surface area contributed by atoms with Gasteiger partial charge in [-0.3, -0.25) is 9.89 Å². The molecule has 0 saturated heterocycles. The van der Waals surface area contributed by atoms with Crippen LogP contribution in [0.2, 0.25) is 0 Å². The van der Waals surface area contributed by atoms with Crippen LogP contribution in [0.3, 0.4) is 0 Å². The fourth-order valence-electron chi connectivity index (χ4n) is 2.73. The predicted molar refractivity (Wildman–Crippen MR) is 92.2 cm³/mol. The molecule has 3 N–H and O–H groups in total. The van der Waals surface area contributed by atoms with Crippen molar-refractivity contribution in [2.45, 2.75) is 19.1 Å². The summed E-state index contributed by atoms with van der Waals surface area (Å²) >= 11 is 0. The Morgan fingerprint density at radius 2 is 1.81 bits per heavy atom. The minimum atomic E-state index is -1.18. The van der Waals surface area contributed by atoms with Crippen molar-refractivity contribution in [2.75, 3.05) is 0 Å². The van der Waals surface area contributed by atoms with Crippen LogP contribution in [0.1, 0.15) is 28.9 Å². The Bertz CT molecular complexity index is 954. The van der Waals surface area contributed by atoms with E-state index in [4.69, 9.17) is 0 Å². The third kappa shape index (κ3) is 3.85. The van der Waals surface area contributed by atoms with Crippen LogP contribution in [0, 0.1) is 17.5 Å². The molecule has 5 nitrogen and oxygen atoms in total. The number of benzene rings is 2. The molecule has 0 saturated carbocycles. The van der Waals surface area contributed by atoms with E-state index in [9.17, 15) is 23.1 Å². The quantitative estimate of drug-likeness (QED) is 0.640. The highest BCUT2D eigenvalue weighted by molar-refractivity contribution is 6.00. The molecule has 2 atom stereocenters. The first-order chi connectivity index (χ1) is 12.9. The van der Waals surface area contributed by atoms with Crippen LogP contribution in [0.25, 0.3) is 11.3 Å². The topological polar surface area (TPSA) is 78.0 Å². The highest BCUT2D eigenvalue weighted by Gasteiger charge is 2.24. The molecule has 0 aliphatic carbocycles. The Morgan fingerprint density at radius 3 is 2.48 bits per heavy atom. The van der Waals surface area contributed by atoms with Crippen LogP contribution in [0.15, 0.2) is 48.7 Å². The van der Waals surface area contributed by atoms with E-state index in [1.165, 1.54) is 31.2 Å². The Balaban J connectivity index is 1.83. The average Bonchev–Trinajstić information content (AvgIpc) is 3.10. The number of carbonyl (C=O) groups excluding carboxylic acids is 1. The lowest BCUT2D eigenvalue weighted by atomic mass is 10.0. The van der Waals surface area contributed by atoms with Gasteiger partial charge in [-0.25, -0.2) is 13.2 Å². The summed E-state index contributed by atoms with van der Waals surface area (Å²) in [5.41, 5.74) is -0.318. The molecule has 0 aliphatic heterocycles. The molecular weight excluding hydrogens is 359 g/mol. The number of aromatic amines is 1. The Hall–Kier alpha value is -3.13. The second-order valence-corrected chi connectivity index (χ2v) is 6.02. The SMILES string of the molecule is CC(NC(=O)c1cn[nH]c1-c1c(F)cccc1F)C(O)c1cccc(F)c1. The summed E-state index contributed by atoms with van der Waals surface area (Å²) in [6.07, 6.45) is -0.0390. The average molecular weight is 375 g/mol. The van der Waals surface area contributed by atoms with Gasteiger partial charge in [0.05, 0.1) is 35.2 Å². The van der Waals surface area contributed by atoms with Gasteiger partial charge in [0.25, 0.3) is 5.91 Å². The summed E-state index contributed by atoms with van der Waals surface area (Å²) < 4.78 is 41.3. The molecular formula is C19H16F3N3O2. The summed E-state index contributed by atoms with van der Waals surface area (Å²) in [6, 6.07) is 7.90. The number of nitrogens with zero attached hydrogens (tertiary/aromatic N) is 1. The molecule has 1 aromatic heterocycles. The van der Waals surface area contributed by atoms with Gasteiger partial charge >= 0.3 is 0 Å². The summed E-state index contributed by atoms with van der Waals surface area (Å²) in [7, 11) is 0. The molecule has 140 valence electrons. The summed E-state index contributed by atoms with van der Waals surface area (Å²) in [5, 5.41) is 19.0. The highest BCUT2D eigenvalue weighted by Crippen LogP contribution is 2.27. The molecule has 2 aromatic carbocycles. The third-order valence-electron chi connectivity index (χ3n) is 4.12. The van der Waals surface area contributed by atoms with E-state index in [-0.39, 0.29) is 16.8 Å². The van der Waals surface area contributed by atoms with Crippen LogP contribution in [0.5, 0.6) is 0 Å². The Morgan fingerprint density at radius 1 is 1.15 bits per heavy atom. The minimum Gasteiger partial charge on any atom is -0.386 e. The number of halogens is 3. The van der Waals surface area contributed by atoms with Crippen molar-refractivity contribution in [2.24, 2.45) is 0 Å². The van der Waals surface area contributed by atoms with Crippen molar-refractivity contribution in [1.29, 1.82) is 0 Å². The normalized spacial score (nSPS) is 13.2. The fourth-order valence-corrected chi connectivity index (χ4v) is 2.73. The lowest BCUT2D eigenvalue weighted by molar-refractivity contribution is 0.0852. The monoisotopic (exact) mass is 375 g/mol. The van der Waals surface area contributed by atoms with Crippen LogP contribution in [-0.2, 0) is 0 Å². The Labute approximate surface area is 152 Å². The third-order valence-corrected chi connectivity index (χ3v) is 4.12. The van der Waals surface area contributed by atoms with Crippen LogP contribution < -0.4 is 5.32 Å². The Kier molecular flexibility index (Phi) is 5.27. The molecule has 27 heavy (non-hydrogen) atoms. The second kappa shape index (κ2) is 7.63. The smallest absolute Gasteiger partial charge is 0.255 e. The minimum absolute atomic E-state index is 0.0858. The van der Waals surface area contributed by atoms with Gasteiger partial charge in [-0.2, -0.15) is 5.10 Å². The van der Waals surface area contributed by atoms with Gasteiger partial charge < -0.3 is 10.4 Å². The van der Waals surface area contributed by atoms with E-state index >= 15 is 0 Å². The molecule has 0 fully saturated rings. The zero-order chi connectivity index (χ0) is 19.6. The van der Waals surface area contributed by atoms with Gasteiger partial charge in [0.1, 0.15) is 17.5 Å². The second-order valence-electron chi connectivity index (χ2n) is 6.02. The molecule has 0 bridgehead atoms. The van der Waals surface area contributed by atoms with Crippen LogP contribution >= 0.6 is 0 Å². The van der Waals surface area contributed by atoms with E-state index in [0.717, 1.165) is 24.4 Å². The van der Waals surface area contributed by atoms with Crippen LogP contribution in [-0.4, -0.2) is 27.3 Å². The number of nitrogens with one attached hydrogen (secondary N) is 2. The number of hydrogen-bond donors (Lipinski definition) is 3. The van der Waals surface area contributed by atoms with Gasteiger partial charge in [0, 0.05) is 0 Å². The number of aromatic nitrogens is 2. The van der Waals surface area contributed by atoms with E-state index in [1.807, 2.05) is 0 Å². The van der Waals surface area contributed by atoms with Gasteiger partial charge in [0.2, 0.25) is 0 Å². The lowest BCUT2D eigenvalue weighted by Crippen LogP contribution is -2.37. The summed E-state index contributed by atoms with van der Waals surface area (Å²) in [5.74, 6) is -2.90. The zero-order valence-corrected chi connectivity index (χ0v) is 14.2. The fraction of sp³-hybridized carbons (Fsp3) is 0.158. The van der Waals surface area contributed by atoms with Crippen molar-refractivity contribution in [1.82, 2.24) is 15.5 Å². The molecule has 2 unspecified atom stereocenters. The number of carbonyl (C=O) groups is 1. The van der Waals surface area contributed by atoms with E-state index in [0.29, 0.717) is 0 Å². The highest BCUT2D eigenvalue weighted by atomic mass is 19.1. The first-order valence-electron chi connectivity index (χ1n) is 8.10. The number of hydrogen-bond acceptors (Lipinski definition) is 3. The largest absolute Gasteiger partial charge is 0.386 e. The molecule has 0 radical (unpaired) electrons. The summed E-state index contributed by atoms with van der Waals surface area (Å²) in [6.45, 7) is 1.52. The number of H-pyrrole nitrogens is 1. The van der Waals surface area contributed by atoms with E-state index < -0.39 is 41.1 Å². The first-order valence-corrected chi connectivity index (χ1v) is 8.10. The van der Waals surface area contributed by atoms with Crippen molar-refractivity contribution in [3.05, 3.63) is 77.2 Å². The van der Waals surface area contributed by atoms with Crippen LogP contribution in [0.4, 0.5) is 13.2 Å². The van der Waals surface area contributed by atoms with Crippen molar-refractivity contribution in [3.63, 3.8) is 0 Å². The first kappa shape index (κ1) is 18.7. The number of aliphatic hydroxyl groups is 1. The van der Waals surface area contributed by atoms with Crippen molar-refractivity contribution < 1.29 is 23.1 Å². The van der Waals surface area contributed by atoms with Crippen molar-refractivity contribution in [3.8, 4) is 11.3 Å². The maximum Gasteiger partial charge on any atom is 0.255 e. The molecule has 1 heterocycles. The number of rotatable bonds is 5.